The number of rotatable bonds is 10. The van der Waals surface area contributed by atoms with Gasteiger partial charge in [-0.3, -0.25) is 9.36 Å². The number of anilines is 2. The Labute approximate surface area is 224 Å². The van der Waals surface area contributed by atoms with E-state index in [1.165, 1.54) is 11.9 Å². The molecule has 2 N–H and O–H groups in total. The minimum absolute atomic E-state index is 0.144. The standard InChI is InChI=1S/C24H24Br2N6O2S/c1-30(2)10-8-27-22-5-6-23(29-28-22)31-9-7-16-11-19(3-4-21(16)31)32(15-24(33)34)35-20-13-17(25)12-18(26)14-20/h3-7,9,11-14H,8,10,15H2,1-2H3,(H,27,28)(H,33,34). The third-order valence-corrected chi connectivity index (χ3v) is 6.98. The molecule has 0 bridgehead atoms. The number of benzene rings is 2. The quantitative estimate of drug-likeness (QED) is 0.225. The van der Waals surface area contributed by atoms with Crippen LogP contribution in [-0.2, 0) is 4.79 Å². The Morgan fingerprint density at radius 1 is 1.06 bits per heavy atom. The first-order valence-electron chi connectivity index (χ1n) is 10.8. The van der Waals surface area contributed by atoms with E-state index >= 15 is 0 Å². The fraction of sp³-hybridized carbons (Fsp3) is 0.208. The van der Waals surface area contributed by atoms with Crippen molar-refractivity contribution in [2.24, 2.45) is 0 Å². The highest BCUT2D eigenvalue weighted by Gasteiger charge is 2.15. The van der Waals surface area contributed by atoms with Crippen LogP contribution in [0.15, 0.2) is 74.6 Å². The lowest BCUT2D eigenvalue weighted by atomic mass is 10.2. The van der Waals surface area contributed by atoms with Crippen molar-refractivity contribution in [2.75, 3.05) is 43.4 Å². The Bertz CT molecular complexity index is 1310. The molecule has 2 heterocycles. The van der Waals surface area contributed by atoms with Crippen molar-refractivity contribution < 1.29 is 9.90 Å². The van der Waals surface area contributed by atoms with Crippen LogP contribution in [0.3, 0.4) is 0 Å². The van der Waals surface area contributed by atoms with Crippen molar-refractivity contribution >= 4 is 72.2 Å². The van der Waals surface area contributed by atoms with E-state index in [4.69, 9.17) is 0 Å². The second kappa shape index (κ2) is 11.4. The van der Waals surface area contributed by atoms with E-state index in [0.717, 1.165) is 49.3 Å². The molecule has 0 radical (unpaired) electrons. The number of halogens is 2. The van der Waals surface area contributed by atoms with Gasteiger partial charge in [0.25, 0.3) is 0 Å². The summed E-state index contributed by atoms with van der Waals surface area (Å²) in [5.41, 5.74) is 1.76. The predicted octanol–water partition coefficient (Wildman–Crippen LogP) is 5.52. The zero-order valence-electron chi connectivity index (χ0n) is 19.2. The maximum absolute atomic E-state index is 11.6. The van der Waals surface area contributed by atoms with Crippen LogP contribution in [0.25, 0.3) is 16.7 Å². The normalized spacial score (nSPS) is 11.2. The van der Waals surface area contributed by atoms with Gasteiger partial charge in [-0.2, -0.15) is 0 Å². The fourth-order valence-electron chi connectivity index (χ4n) is 3.45. The van der Waals surface area contributed by atoms with E-state index in [-0.39, 0.29) is 6.54 Å². The summed E-state index contributed by atoms with van der Waals surface area (Å²) < 4.78 is 5.56. The number of fused-ring (bicyclic) bond motifs is 1. The average Bonchev–Trinajstić information content (AvgIpc) is 3.21. The first-order chi connectivity index (χ1) is 16.8. The highest BCUT2D eigenvalue weighted by Crippen LogP contribution is 2.34. The van der Waals surface area contributed by atoms with Crippen LogP contribution >= 0.6 is 43.8 Å². The van der Waals surface area contributed by atoms with E-state index in [1.807, 2.05) is 79.5 Å². The Kier molecular flexibility index (Phi) is 8.32. The summed E-state index contributed by atoms with van der Waals surface area (Å²) in [5.74, 6) is 0.537. The van der Waals surface area contributed by atoms with E-state index in [1.54, 1.807) is 4.31 Å². The van der Waals surface area contributed by atoms with E-state index < -0.39 is 5.97 Å². The van der Waals surface area contributed by atoms with Crippen molar-refractivity contribution in [3.63, 3.8) is 0 Å². The first-order valence-corrected chi connectivity index (χ1v) is 13.1. The van der Waals surface area contributed by atoms with Crippen LogP contribution in [0.4, 0.5) is 11.5 Å². The van der Waals surface area contributed by atoms with Crippen molar-refractivity contribution in [1.82, 2.24) is 19.7 Å². The maximum atomic E-state index is 11.6. The number of carboxylic acid groups (broad SMARTS) is 1. The fourth-order valence-corrected chi connectivity index (χ4v) is 6.05. The van der Waals surface area contributed by atoms with E-state index in [9.17, 15) is 9.90 Å². The zero-order chi connectivity index (χ0) is 24.9. The molecule has 11 heteroatoms. The van der Waals surface area contributed by atoms with Crippen molar-refractivity contribution in [1.29, 1.82) is 0 Å². The van der Waals surface area contributed by atoms with Crippen molar-refractivity contribution in [2.45, 2.75) is 4.90 Å². The number of likely N-dealkylation sites (N-methyl/N-ethyl adjacent to an activating group) is 1. The molecular formula is C24H24Br2N6O2S. The average molecular weight is 620 g/mol. The lowest BCUT2D eigenvalue weighted by Gasteiger charge is -2.22. The van der Waals surface area contributed by atoms with Crippen LogP contribution in [0.5, 0.6) is 0 Å². The smallest absolute Gasteiger partial charge is 0.324 e. The summed E-state index contributed by atoms with van der Waals surface area (Å²) in [7, 11) is 4.05. The van der Waals surface area contributed by atoms with Crippen molar-refractivity contribution in [3.8, 4) is 5.82 Å². The number of hydrogen-bond donors (Lipinski definition) is 2. The van der Waals surface area contributed by atoms with Gasteiger partial charge in [-0.15, -0.1) is 10.2 Å². The molecule has 4 rings (SSSR count). The SMILES string of the molecule is CN(C)CCNc1ccc(-n2ccc3cc(N(CC(=O)O)Sc4cc(Br)cc(Br)c4)ccc32)nn1. The number of aliphatic carboxylic acids is 1. The van der Waals surface area contributed by atoms with Crippen LogP contribution < -0.4 is 9.62 Å². The number of carbonyl (C=O) groups is 1. The molecule has 0 spiro atoms. The van der Waals surface area contributed by atoms with Gasteiger partial charge in [0.2, 0.25) is 0 Å². The van der Waals surface area contributed by atoms with Gasteiger partial charge in [-0.25, -0.2) is 0 Å². The molecule has 35 heavy (non-hydrogen) atoms. The number of nitrogens with one attached hydrogen (secondary N) is 1. The van der Waals surface area contributed by atoms with Gasteiger partial charge in [-0.1, -0.05) is 31.9 Å². The Balaban J connectivity index is 1.57. The topological polar surface area (TPSA) is 86.5 Å². The largest absolute Gasteiger partial charge is 0.480 e. The van der Waals surface area contributed by atoms with Crippen LogP contribution in [0.1, 0.15) is 0 Å². The minimum atomic E-state index is -0.904. The molecule has 0 amide bonds. The lowest BCUT2D eigenvalue weighted by molar-refractivity contribution is -0.135. The Morgan fingerprint density at radius 3 is 2.49 bits per heavy atom. The summed E-state index contributed by atoms with van der Waals surface area (Å²) in [6.07, 6.45) is 1.94. The molecule has 0 fully saturated rings. The third kappa shape index (κ3) is 6.75. The van der Waals surface area contributed by atoms with Gasteiger partial charge in [0, 0.05) is 44.2 Å². The molecule has 0 unspecified atom stereocenters. The molecule has 0 saturated carbocycles. The van der Waals surface area contributed by atoms with Gasteiger partial charge in [0.1, 0.15) is 12.4 Å². The number of hydrogen-bond acceptors (Lipinski definition) is 7. The molecular weight excluding hydrogens is 596 g/mol. The number of nitrogens with zero attached hydrogens (tertiary/aromatic N) is 5. The highest BCUT2D eigenvalue weighted by atomic mass is 79.9. The second-order valence-electron chi connectivity index (χ2n) is 8.06. The van der Waals surface area contributed by atoms with Crippen LogP contribution in [-0.4, -0.2) is 64.5 Å². The molecule has 0 aliphatic heterocycles. The van der Waals surface area contributed by atoms with E-state index in [0.29, 0.717) is 5.82 Å². The second-order valence-corrected chi connectivity index (χ2v) is 11.0. The van der Waals surface area contributed by atoms with Gasteiger partial charge in [0.05, 0.1) is 5.52 Å². The Morgan fingerprint density at radius 2 is 1.83 bits per heavy atom. The molecule has 0 aliphatic carbocycles. The van der Waals surface area contributed by atoms with Crippen LogP contribution in [0, 0.1) is 0 Å². The summed E-state index contributed by atoms with van der Waals surface area (Å²) >= 11 is 8.36. The van der Waals surface area contributed by atoms with Gasteiger partial charge >= 0.3 is 5.97 Å². The predicted molar refractivity (Wildman–Crippen MR) is 149 cm³/mol. The van der Waals surface area contributed by atoms with Gasteiger partial charge < -0.3 is 19.6 Å². The van der Waals surface area contributed by atoms with Gasteiger partial charge in [-0.05, 0) is 80.6 Å². The summed E-state index contributed by atoms with van der Waals surface area (Å²) in [6.45, 7) is 1.55. The Hall–Kier alpha value is -2.60. The summed E-state index contributed by atoms with van der Waals surface area (Å²) in [4.78, 5) is 14.6. The molecule has 4 aromatic rings. The van der Waals surface area contributed by atoms with Crippen molar-refractivity contribution in [3.05, 3.63) is 69.7 Å². The number of carboxylic acids is 1. The van der Waals surface area contributed by atoms with Gasteiger partial charge in [0.15, 0.2) is 5.82 Å². The molecule has 8 nitrogen and oxygen atoms in total. The first kappa shape index (κ1) is 25.5. The summed E-state index contributed by atoms with van der Waals surface area (Å²) in [5, 5.41) is 22.4. The molecule has 2 aromatic carbocycles. The minimum Gasteiger partial charge on any atom is -0.480 e. The van der Waals surface area contributed by atoms with E-state index in [2.05, 4.69) is 52.3 Å². The monoisotopic (exact) mass is 618 g/mol. The highest BCUT2D eigenvalue weighted by molar-refractivity contribution is 9.11. The lowest BCUT2D eigenvalue weighted by Crippen LogP contribution is -2.22. The molecule has 182 valence electrons. The molecule has 0 atom stereocenters. The maximum Gasteiger partial charge on any atom is 0.324 e. The molecule has 0 saturated heterocycles. The molecule has 0 aliphatic rings. The molecule has 2 aromatic heterocycles. The number of aromatic nitrogens is 3. The zero-order valence-corrected chi connectivity index (χ0v) is 23.1. The third-order valence-electron chi connectivity index (χ3n) is 5.05. The van der Waals surface area contributed by atoms with Crippen LogP contribution in [0.2, 0.25) is 0 Å². The summed E-state index contributed by atoms with van der Waals surface area (Å²) in [6, 6.07) is 17.6.